The Labute approximate surface area is 276 Å². The van der Waals surface area contributed by atoms with Gasteiger partial charge in [-0.15, -0.1) is 0 Å². The summed E-state index contributed by atoms with van der Waals surface area (Å²) in [5, 5.41) is 47.0. The molecule has 260 valence electrons. The zero-order valence-corrected chi connectivity index (χ0v) is 31.8. The van der Waals surface area contributed by atoms with E-state index in [2.05, 4.69) is 20.8 Å². The van der Waals surface area contributed by atoms with Gasteiger partial charge in [0.25, 0.3) is 0 Å². The van der Waals surface area contributed by atoms with E-state index in [9.17, 15) is 39.6 Å². The molecule has 1 unspecified atom stereocenters. The molecule has 0 bridgehead atoms. The molecule has 0 radical (unpaired) electrons. The predicted molar refractivity (Wildman–Crippen MR) is 175 cm³/mol. The molecule has 0 aromatic heterocycles. The van der Waals surface area contributed by atoms with Gasteiger partial charge in [0.15, 0.2) is 0 Å². The van der Waals surface area contributed by atoms with Gasteiger partial charge in [-0.05, 0) is 0 Å². The van der Waals surface area contributed by atoms with Crippen LogP contribution in [-0.4, -0.2) is 105 Å². The average Bonchev–Trinajstić information content (AvgIpc) is 3.02. The maximum atomic E-state index is 13.4. The van der Waals surface area contributed by atoms with Crippen LogP contribution in [0.25, 0.3) is 0 Å². The molecular formula is C34H54O11Sn. The van der Waals surface area contributed by atoms with E-state index < -0.39 is 76.6 Å². The molecular weight excluding hydrogens is 703 g/mol. The number of carbonyl (C=O) groups is 4. The van der Waals surface area contributed by atoms with Crippen LogP contribution in [0.4, 0.5) is 0 Å². The fourth-order valence-corrected chi connectivity index (χ4v) is 23.6. The topological polar surface area (TPSA) is 177 Å². The van der Waals surface area contributed by atoms with E-state index in [0.717, 1.165) is 83.1 Å². The Morgan fingerprint density at radius 3 is 1.59 bits per heavy atom. The van der Waals surface area contributed by atoms with Crippen LogP contribution >= 0.6 is 0 Å². The minimum absolute atomic E-state index is 0.0338. The fraction of sp³-hybridized carbons (Fsp3) is 0.706. The van der Waals surface area contributed by atoms with Gasteiger partial charge < -0.3 is 0 Å². The van der Waals surface area contributed by atoms with Crippen molar-refractivity contribution in [3.8, 4) is 11.5 Å². The molecule has 1 heterocycles. The summed E-state index contributed by atoms with van der Waals surface area (Å²) in [4.78, 5) is 52.2. The Morgan fingerprint density at radius 1 is 0.783 bits per heavy atom. The van der Waals surface area contributed by atoms with Crippen molar-refractivity contribution in [2.75, 3.05) is 14.2 Å². The number of ketones is 4. The van der Waals surface area contributed by atoms with Crippen molar-refractivity contribution in [2.24, 2.45) is 0 Å². The summed E-state index contributed by atoms with van der Waals surface area (Å²) in [5.74, 6) is -4.21. The molecule has 1 saturated heterocycles. The van der Waals surface area contributed by atoms with Crippen LogP contribution in [0, 0.1) is 0 Å². The van der Waals surface area contributed by atoms with Crippen LogP contribution in [0.1, 0.15) is 98.7 Å². The second-order valence-corrected chi connectivity index (χ2v) is 25.9. The maximum absolute atomic E-state index is 13.4. The SMILES string of the molecule is CCC[CH2][Sn]([CH2]CCC)([CH2]CCC)[c]1cc(OC)c([C@@H]2O[C@H](C(O)C(C)=O)[C@@](O)(C(C)=O)[C@@](O)(C(C)=O)[C@]2(O)C(C)=O)cc1OC. The molecule has 1 aromatic rings. The molecule has 12 heteroatoms. The number of hydrogen-bond donors (Lipinski definition) is 4. The Hall–Kier alpha value is -1.90. The first-order valence-electron chi connectivity index (χ1n) is 16.3. The zero-order chi connectivity index (χ0) is 35.3. The van der Waals surface area contributed by atoms with Gasteiger partial charge in [-0.2, -0.15) is 0 Å². The van der Waals surface area contributed by atoms with Crippen molar-refractivity contribution in [3.05, 3.63) is 17.7 Å². The number of Topliss-reactive ketones (excluding diaryl/α,β-unsaturated/α-hetero) is 4. The summed E-state index contributed by atoms with van der Waals surface area (Å²) in [7, 11) is 2.89. The summed E-state index contributed by atoms with van der Waals surface area (Å²) < 4.78 is 22.1. The second-order valence-electron chi connectivity index (χ2n) is 12.8. The molecule has 11 nitrogen and oxygen atoms in total. The number of aliphatic hydroxyl groups is 4. The van der Waals surface area contributed by atoms with Gasteiger partial charge in [0.1, 0.15) is 0 Å². The first-order chi connectivity index (χ1) is 21.5. The van der Waals surface area contributed by atoms with E-state index in [-0.39, 0.29) is 11.3 Å². The van der Waals surface area contributed by atoms with Crippen molar-refractivity contribution in [1.29, 1.82) is 0 Å². The number of methoxy groups -OCH3 is 2. The van der Waals surface area contributed by atoms with Gasteiger partial charge >= 0.3 is 278 Å². The molecule has 1 aliphatic heterocycles. The molecule has 0 spiro atoms. The molecule has 1 fully saturated rings. The number of rotatable bonds is 18. The second kappa shape index (κ2) is 16.0. The number of aliphatic hydroxyl groups excluding tert-OH is 1. The van der Waals surface area contributed by atoms with Crippen molar-refractivity contribution in [1.82, 2.24) is 0 Å². The molecule has 2 rings (SSSR count). The quantitative estimate of drug-likeness (QED) is 0.162. The summed E-state index contributed by atoms with van der Waals surface area (Å²) in [6.45, 7) is 9.91. The minimum atomic E-state index is -3.55. The predicted octanol–water partition coefficient (Wildman–Crippen LogP) is 3.11. The third-order valence-electron chi connectivity index (χ3n) is 9.90. The molecule has 0 amide bonds. The Balaban J connectivity index is 3.10. The zero-order valence-electron chi connectivity index (χ0n) is 28.9. The molecule has 0 saturated carbocycles. The normalized spacial score (nSPS) is 27.2. The van der Waals surface area contributed by atoms with Crippen LogP contribution in [-0.2, 0) is 23.9 Å². The van der Waals surface area contributed by atoms with Crippen molar-refractivity contribution < 1.29 is 53.8 Å². The number of benzene rings is 1. The van der Waals surface area contributed by atoms with Crippen molar-refractivity contribution in [2.45, 2.75) is 135 Å². The van der Waals surface area contributed by atoms with Gasteiger partial charge in [0, 0.05) is 0 Å². The van der Waals surface area contributed by atoms with E-state index in [0.29, 0.717) is 5.75 Å². The summed E-state index contributed by atoms with van der Waals surface area (Å²) in [6.07, 6.45) is -0.261. The Bertz CT molecular complexity index is 1260. The van der Waals surface area contributed by atoms with E-state index in [1.807, 2.05) is 6.07 Å². The van der Waals surface area contributed by atoms with Crippen molar-refractivity contribution in [3.63, 3.8) is 0 Å². The van der Waals surface area contributed by atoms with E-state index in [1.54, 1.807) is 0 Å². The van der Waals surface area contributed by atoms with E-state index in [1.165, 1.54) is 20.3 Å². The first kappa shape index (κ1) is 40.3. The summed E-state index contributed by atoms with van der Waals surface area (Å²) >= 11 is -3.25. The van der Waals surface area contributed by atoms with Crippen LogP contribution < -0.4 is 13.1 Å². The monoisotopic (exact) mass is 758 g/mol. The summed E-state index contributed by atoms with van der Waals surface area (Å²) in [5.41, 5.74) is -10.3. The molecule has 46 heavy (non-hydrogen) atoms. The molecule has 1 aliphatic rings. The van der Waals surface area contributed by atoms with E-state index >= 15 is 0 Å². The Kier molecular flexibility index (Phi) is 14.0. The van der Waals surface area contributed by atoms with Crippen LogP contribution in [0.5, 0.6) is 11.5 Å². The van der Waals surface area contributed by atoms with Gasteiger partial charge in [0.05, 0.1) is 0 Å². The number of hydrogen-bond acceptors (Lipinski definition) is 11. The third-order valence-corrected chi connectivity index (χ3v) is 25.5. The molecule has 4 N–H and O–H groups in total. The number of ether oxygens (including phenoxy) is 3. The molecule has 0 aliphatic carbocycles. The molecule has 6 atom stereocenters. The first-order valence-corrected chi connectivity index (χ1v) is 23.7. The standard InChI is InChI=1S/C22H27O11.3C4H9.Sn/c1-10(23)17(27)19-21(29,12(3)25)22(30,13(4)26)20(28,11(2)24)18(33-19)15-9-14(31-5)7-8-16(15)32-6;3*1-3-4-2;/h8-9,17-19,27-30H,1-6H3;3*1,3-4H2,2H3;/t17?,18-,19+,20-,21-,22+;;;;/m0..../s1. The average molecular weight is 758 g/mol. The van der Waals surface area contributed by atoms with Gasteiger partial charge in [-0.25, -0.2) is 0 Å². The number of unbranched alkanes of at least 4 members (excludes halogenated alkanes) is 3. The van der Waals surface area contributed by atoms with Crippen LogP contribution in [0.15, 0.2) is 12.1 Å². The van der Waals surface area contributed by atoms with Gasteiger partial charge in [0.2, 0.25) is 0 Å². The van der Waals surface area contributed by atoms with E-state index in [4.69, 9.17) is 14.2 Å². The number of carbonyl (C=O) groups excluding carboxylic acids is 4. The summed E-state index contributed by atoms with van der Waals surface area (Å²) in [6, 6.07) is 3.38. The molecule has 1 aromatic carbocycles. The third kappa shape index (κ3) is 6.69. The van der Waals surface area contributed by atoms with Gasteiger partial charge in [-0.1, -0.05) is 0 Å². The van der Waals surface area contributed by atoms with Crippen LogP contribution in [0.2, 0.25) is 13.3 Å². The van der Waals surface area contributed by atoms with Gasteiger partial charge in [-0.3, -0.25) is 0 Å². The van der Waals surface area contributed by atoms with Crippen LogP contribution in [0.3, 0.4) is 0 Å². The van der Waals surface area contributed by atoms with Crippen molar-refractivity contribution >= 4 is 45.1 Å². The Morgan fingerprint density at radius 2 is 1.24 bits per heavy atom. The fourth-order valence-electron chi connectivity index (χ4n) is 7.14.